The second-order valence-corrected chi connectivity index (χ2v) is 4.93. The van der Waals surface area contributed by atoms with Gasteiger partial charge in [-0.15, -0.1) is 30.6 Å². The van der Waals surface area contributed by atoms with Crippen LogP contribution in [0.3, 0.4) is 0 Å². The van der Waals surface area contributed by atoms with Crippen molar-refractivity contribution in [3.05, 3.63) is 48.0 Å². The number of nitrogens with one attached hydrogen (secondary N) is 2. The summed E-state index contributed by atoms with van der Waals surface area (Å²) in [4.78, 5) is 4.57. The first-order chi connectivity index (χ1) is 11.3. The predicted octanol–water partition coefficient (Wildman–Crippen LogP) is 3.10. The summed E-state index contributed by atoms with van der Waals surface area (Å²) in [6.07, 6.45) is 1.81. The lowest BCUT2D eigenvalue weighted by atomic mass is 10.1. The zero-order chi connectivity index (χ0) is 16.8. The van der Waals surface area contributed by atoms with Crippen molar-refractivity contribution in [1.82, 2.24) is 10.6 Å². The third-order valence-electron chi connectivity index (χ3n) is 3.01. The molecule has 2 N–H and O–H groups in total. The Labute approximate surface area is 162 Å². The van der Waals surface area contributed by atoms with E-state index in [0.717, 1.165) is 30.2 Å². The smallest absolute Gasteiger partial charge is 0.191 e. The average Bonchev–Trinajstić information content (AvgIpc) is 2.57. The summed E-state index contributed by atoms with van der Waals surface area (Å²) >= 11 is 0. The van der Waals surface area contributed by atoms with Crippen LogP contribution in [0.1, 0.15) is 25.0 Å². The van der Waals surface area contributed by atoms with E-state index >= 15 is 0 Å². The van der Waals surface area contributed by atoms with Crippen LogP contribution < -0.4 is 10.6 Å². The highest BCUT2D eigenvalue weighted by Gasteiger charge is 1.99. The second-order valence-electron chi connectivity index (χ2n) is 4.93. The van der Waals surface area contributed by atoms with E-state index in [-0.39, 0.29) is 24.0 Å². The maximum atomic E-state index is 5.60. The lowest BCUT2D eigenvalue weighted by molar-refractivity contribution is 0.0453. The maximum Gasteiger partial charge on any atom is 0.191 e. The van der Waals surface area contributed by atoms with Gasteiger partial charge < -0.3 is 20.1 Å². The number of hydrogen-bond acceptors (Lipinski definition) is 3. The van der Waals surface area contributed by atoms with Crippen molar-refractivity contribution in [2.24, 2.45) is 4.99 Å². The van der Waals surface area contributed by atoms with Crippen LogP contribution in [0, 0.1) is 0 Å². The van der Waals surface area contributed by atoms with Gasteiger partial charge in [-0.05, 0) is 25.0 Å². The molecule has 6 heteroatoms. The molecule has 0 aliphatic heterocycles. The van der Waals surface area contributed by atoms with Gasteiger partial charge in [-0.1, -0.05) is 30.3 Å². The zero-order valence-corrected chi connectivity index (χ0v) is 17.0. The van der Waals surface area contributed by atoms with Crippen LogP contribution in [0.2, 0.25) is 0 Å². The number of hydrogen-bond donors (Lipinski definition) is 2. The van der Waals surface area contributed by atoms with Crippen LogP contribution in [0.25, 0.3) is 0 Å². The molecule has 0 radical (unpaired) electrons. The fraction of sp³-hybridized carbons (Fsp3) is 0.500. The predicted molar refractivity (Wildman–Crippen MR) is 111 cm³/mol. The topological polar surface area (TPSA) is 54.9 Å². The van der Waals surface area contributed by atoms with E-state index in [0.29, 0.717) is 32.9 Å². The molecular formula is C18H30IN3O2. The maximum absolute atomic E-state index is 5.60. The molecule has 1 rings (SSSR count). The van der Waals surface area contributed by atoms with Gasteiger partial charge >= 0.3 is 0 Å². The van der Waals surface area contributed by atoms with E-state index in [1.54, 1.807) is 0 Å². The molecule has 0 amide bonds. The largest absolute Gasteiger partial charge is 0.379 e. The van der Waals surface area contributed by atoms with Gasteiger partial charge in [0, 0.05) is 19.7 Å². The fourth-order valence-corrected chi connectivity index (χ4v) is 1.95. The Morgan fingerprint density at radius 1 is 1.17 bits per heavy atom. The van der Waals surface area contributed by atoms with Gasteiger partial charge in [-0.25, -0.2) is 4.99 Å². The zero-order valence-electron chi connectivity index (χ0n) is 14.7. The van der Waals surface area contributed by atoms with Crippen molar-refractivity contribution in [3.63, 3.8) is 0 Å². The quantitative estimate of drug-likeness (QED) is 0.180. The van der Waals surface area contributed by atoms with Crippen LogP contribution in [-0.2, 0) is 22.6 Å². The first kappa shape index (κ1) is 22.9. The fourth-order valence-electron chi connectivity index (χ4n) is 1.95. The molecule has 136 valence electrons. The minimum Gasteiger partial charge on any atom is -0.379 e. The number of aliphatic imine (C=N–C) groups is 1. The van der Waals surface area contributed by atoms with Crippen molar-refractivity contribution in [2.45, 2.75) is 27.0 Å². The second kappa shape index (κ2) is 15.4. The monoisotopic (exact) mass is 447 g/mol. The number of guanidine groups is 1. The Hall–Kier alpha value is -1.12. The van der Waals surface area contributed by atoms with Crippen molar-refractivity contribution >= 4 is 29.9 Å². The standard InChI is InChI=1S/C18H29N3O2.HI/c1-4-10-20-18(19-5-2)21-14-16-8-7-9-17(13-16)15-23-12-11-22-6-3;/h4,7-9,13H,1,5-6,10-12,14-15H2,2-3H3,(H2,19,20,21);1H. The Morgan fingerprint density at radius 2 is 1.92 bits per heavy atom. The molecule has 0 unspecified atom stereocenters. The first-order valence-electron chi connectivity index (χ1n) is 8.16. The molecule has 0 fully saturated rings. The highest BCUT2D eigenvalue weighted by atomic mass is 127. The van der Waals surface area contributed by atoms with Gasteiger partial charge in [0.25, 0.3) is 0 Å². The van der Waals surface area contributed by atoms with E-state index in [1.165, 1.54) is 0 Å². The number of ether oxygens (including phenoxy) is 2. The SMILES string of the molecule is C=CCNC(=NCc1cccc(COCCOCC)c1)NCC.I. The van der Waals surface area contributed by atoms with Crippen molar-refractivity contribution in [2.75, 3.05) is 32.9 Å². The molecule has 0 aromatic heterocycles. The molecule has 0 atom stereocenters. The highest BCUT2D eigenvalue weighted by molar-refractivity contribution is 14.0. The molecule has 5 nitrogen and oxygen atoms in total. The molecule has 0 saturated carbocycles. The van der Waals surface area contributed by atoms with Crippen LogP contribution >= 0.6 is 24.0 Å². The molecular weight excluding hydrogens is 417 g/mol. The Bertz CT molecular complexity index is 481. The van der Waals surface area contributed by atoms with Gasteiger partial charge in [0.2, 0.25) is 0 Å². The molecule has 0 spiro atoms. The van der Waals surface area contributed by atoms with Crippen molar-refractivity contribution < 1.29 is 9.47 Å². The van der Waals surface area contributed by atoms with Crippen LogP contribution in [0.4, 0.5) is 0 Å². The lowest BCUT2D eigenvalue weighted by Crippen LogP contribution is -2.37. The van der Waals surface area contributed by atoms with E-state index in [4.69, 9.17) is 9.47 Å². The first-order valence-corrected chi connectivity index (χ1v) is 8.16. The van der Waals surface area contributed by atoms with Crippen LogP contribution in [-0.4, -0.2) is 38.9 Å². The summed E-state index contributed by atoms with van der Waals surface area (Å²) in [5.74, 6) is 0.797. The van der Waals surface area contributed by atoms with Crippen molar-refractivity contribution in [1.29, 1.82) is 0 Å². The van der Waals surface area contributed by atoms with Crippen LogP contribution in [0.5, 0.6) is 0 Å². The van der Waals surface area contributed by atoms with Gasteiger partial charge in [0.15, 0.2) is 5.96 Å². The molecule has 24 heavy (non-hydrogen) atoms. The molecule has 0 aliphatic carbocycles. The number of nitrogens with zero attached hydrogens (tertiary/aromatic N) is 1. The summed E-state index contributed by atoms with van der Waals surface area (Å²) in [5.41, 5.74) is 2.31. The van der Waals surface area contributed by atoms with Gasteiger partial charge in [0.05, 0.1) is 26.4 Å². The minimum absolute atomic E-state index is 0. The highest BCUT2D eigenvalue weighted by Crippen LogP contribution is 2.08. The molecule has 1 aromatic carbocycles. The number of rotatable bonds is 11. The third-order valence-corrected chi connectivity index (χ3v) is 3.01. The van der Waals surface area contributed by atoms with E-state index in [2.05, 4.69) is 40.4 Å². The van der Waals surface area contributed by atoms with Gasteiger partial charge in [0.1, 0.15) is 0 Å². The molecule has 1 aromatic rings. The Balaban J connectivity index is 0.00000529. The summed E-state index contributed by atoms with van der Waals surface area (Å²) in [5, 5.41) is 6.40. The van der Waals surface area contributed by atoms with Gasteiger partial charge in [-0.3, -0.25) is 0 Å². The summed E-state index contributed by atoms with van der Waals surface area (Å²) in [6.45, 7) is 12.5. The minimum atomic E-state index is 0. The Kier molecular flexibility index (Phi) is 14.7. The van der Waals surface area contributed by atoms with E-state index in [9.17, 15) is 0 Å². The summed E-state index contributed by atoms with van der Waals surface area (Å²) in [6, 6.07) is 8.30. The van der Waals surface area contributed by atoms with E-state index in [1.807, 2.05) is 26.0 Å². The lowest BCUT2D eigenvalue weighted by Gasteiger charge is -2.10. The van der Waals surface area contributed by atoms with Crippen molar-refractivity contribution in [3.8, 4) is 0 Å². The molecule has 0 bridgehead atoms. The molecule has 0 saturated heterocycles. The molecule has 0 aliphatic rings. The van der Waals surface area contributed by atoms with Gasteiger partial charge in [-0.2, -0.15) is 0 Å². The number of benzene rings is 1. The number of halogens is 1. The third kappa shape index (κ3) is 10.6. The summed E-state index contributed by atoms with van der Waals surface area (Å²) in [7, 11) is 0. The normalized spacial score (nSPS) is 10.8. The summed E-state index contributed by atoms with van der Waals surface area (Å²) < 4.78 is 10.8. The van der Waals surface area contributed by atoms with Crippen LogP contribution in [0.15, 0.2) is 41.9 Å². The molecule has 0 heterocycles. The Morgan fingerprint density at radius 3 is 2.62 bits per heavy atom. The van der Waals surface area contributed by atoms with E-state index < -0.39 is 0 Å². The average molecular weight is 447 g/mol.